The van der Waals surface area contributed by atoms with Gasteiger partial charge in [0.2, 0.25) is 0 Å². The van der Waals surface area contributed by atoms with Crippen LogP contribution in [0, 0.1) is 16.0 Å². The lowest BCUT2D eigenvalue weighted by Gasteiger charge is -2.11. The number of amides is 1. The molecule has 2 rings (SSSR count). The van der Waals surface area contributed by atoms with Crippen molar-refractivity contribution in [3.8, 4) is 0 Å². The van der Waals surface area contributed by atoms with Crippen molar-refractivity contribution in [3.63, 3.8) is 0 Å². The predicted octanol–water partition coefficient (Wildman–Crippen LogP) is 1.66. The molecule has 1 aromatic rings. The number of nitrogens with one attached hydrogen (secondary N) is 1. The van der Waals surface area contributed by atoms with E-state index in [1.807, 2.05) is 11.8 Å². The minimum Gasteiger partial charge on any atom is -0.398 e. The maximum absolute atomic E-state index is 12.0. The number of rotatable bonds is 4. The van der Waals surface area contributed by atoms with E-state index < -0.39 is 4.92 Å². The van der Waals surface area contributed by atoms with Crippen molar-refractivity contribution in [2.24, 2.45) is 5.92 Å². The summed E-state index contributed by atoms with van der Waals surface area (Å²) >= 11 is 1.87. The first kappa shape index (κ1) is 13.7. The smallest absolute Gasteiger partial charge is 0.270 e. The Morgan fingerprint density at radius 2 is 2.37 bits per heavy atom. The molecule has 0 saturated carbocycles. The van der Waals surface area contributed by atoms with E-state index in [-0.39, 0.29) is 22.8 Å². The van der Waals surface area contributed by atoms with Crippen LogP contribution in [0.3, 0.4) is 0 Å². The molecule has 0 bridgehead atoms. The summed E-state index contributed by atoms with van der Waals surface area (Å²) in [5.74, 6) is 2.30. The Labute approximate surface area is 114 Å². The number of nitro groups is 1. The molecule has 1 aromatic carbocycles. The highest BCUT2D eigenvalue weighted by Crippen LogP contribution is 2.23. The average molecular weight is 281 g/mol. The number of nitrogens with two attached hydrogens (primary N) is 1. The van der Waals surface area contributed by atoms with E-state index in [4.69, 9.17) is 5.73 Å². The van der Waals surface area contributed by atoms with E-state index in [0.29, 0.717) is 12.5 Å². The van der Waals surface area contributed by atoms with Gasteiger partial charge in [-0.05, 0) is 29.9 Å². The predicted molar refractivity (Wildman–Crippen MR) is 75.3 cm³/mol. The highest BCUT2D eigenvalue weighted by atomic mass is 32.2. The molecule has 3 N–H and O–H groups in total. The molecule has 1 amide bonds. The van der Waals surface area contributed by atoms with Gasteiger partial charge in [0, 0.05) is 24.4 Å². The van der Waals surface area contributed by atoms with Gasteiger partial charge in [0.1, 0.15) is 0 Å². The van der Waals surface area contributed by atoms with E-state index in [2.05, 4.69) is 5.32 Å². The fourth-order valence-corrected chi connectivity index (χ4v) is 3.22. The molecule has 0 spiro atoms. The summed E-state index contributed by atoms with van der Waals surface area (Å²) in [7, 11) is 0. The second kappa shape index (κ2) is 5.92. The molecule has 7 heteroatoms. The third kappa shape index (κ3) is 3.37. The lowest BCUT2D eigenvalue weighted by Crippen LogP contribution is -2.29. The summed E-state index contributed by atoms with van der Waals surface area (Å²) in [5.41, 5.74) is 5.98. The van der Waals surface area contributed by atoms with E-state index in [0.717, 1.165) is 17.9 Å². The van der Waals surface area contributed by atoms with Crippen LogP contribution < -0.4 is 11.1 Å². The number of non-ortho nitro benzene ring substituents is 1. The van der Waals surface area contributed by atoms with Crippen molar-refractivity contribution in [2.45, 2.75) is 6.42 Å². The Hall–Kier alpha value is -1.76. The third-order valence-corrected chi connectivity index (χ3v) is 4.30. The largest absolute Gasteiger partial charge is 0.398 e. The molecule has 6 nitrogen and oxygen atoms in total. The van der Waals surface area contributed by atoms with Crippen LogP contribution in [0.1, 0.15) is 16.8 Å². The van der Waals surface area contributed by atoms with Gasteiger partial charge in [-0.25, -0.2) is 0 Å². The number of carbonyl (C=O) groups excluding carboxylic acids is 1. The summed E-state index contributed by atoms with van der Waals surface area (Å²) in [5, 5.41) is 13.5. The Kier molecular flexibility index (Phi) is 4.26. The van der Waals surface area contributed by atoms with Crippen LogP contribution in [0.5, 0.6) is 0 Å². The molecule has 0 aromatic heterocycles. The molecule has 0 aliphatic carbocycles. The van der Waals surface area contributed by atoms with Gasteiger partial charge >= 0.3 is 0 Å². The van der Waals surface area contributed by atoms with Gasteiger partial charge in [-0.3, -0.25) is 14.9 Å². The van der Waals surface area contributed by atoms with Crippen molar-refractivity contribution in [3.05, 3.63) is 33.9 Å². The Bertz CT molecular complexity index is 501. The normalized spacial score (nSPS) is 18.2. The first-order chi connectivity index (χ1) is 9.08. The number of nitrogens with zero attached hydrogens (tertiary/aromatic N) is 1. The maximum Gasteiger partial charge on any atom is 0.270 e. The summed E-state index contributed by atoms with van der Waals surface area (Å²) < 4.78 is 0. The first-order valence-electron chi connectivity index (χ1n) is 5.98. The van der Waals surface area contributed by atoms with Gasteiger partial charge in [0.25, 0.3) is 11.6 Å². The number of nitrogen functional groups attached to an aromatic ring is 1. The lowest BCUT2D eigenvalue weighted by molar-refractivity contribution is -0.384. The topological polar surface area (TPSA) is 98.3 Å². The number of benzene rings is 1. The van der Waals surface area contributed by atoms with Crippen molar-refractivity contribution >= 4 is 29.0 Å². The zero-order valence-electron chi connectivity index (χ0n) is 10.3. The summed E-state index contributed by atoms with van der Waals surface area (Å²) in [4.78, 5) is 22.1. The minimum atomic E-state index is -0.538. The first-order valence-corrected chi connectivity index (χ1v) is 7.13. The molecule has 1 aliphatic heterocycles. The highest BCUT2D eigenvalue weighted by molar-refractivity contribution is 7.99. The van der Waals surface area contributed by atoms with Crippen LogP contribution >= 0.6 is 11.8 Å². The fourth-order valence-electron chi connectivity index (χ4n) is 1.93. The molecule has 1 aliphatic rings. The molecule has 1 atom stereocenters. The maximum atomic E-state index is 12.0. The SMILES string of the molecule is Nc1ccc([N+](=O)[O-])cc1C(=O)NCC1CCSC1. The van der Waals surface area contributed by atoms with Crippen LogP contribution in [0.2, 0.25) is 0 Å². The monoisotopic (exact) mass is 281 g/mol. The second-order valence-electron chi connectivity index (χ2n) is 4.47. The van der Waals surface area contributed by atoms with Crippen molar-refractivity contribution in [1.82, 2.24) is 5.32 Å². The average Bonchev–Trinajstić information content (AvgIpc) is 2.89. The van der Waals surface area contributed by atoms with Crippen molar-refractivity contribution < 1.29 is 9.72 Å². The van der Waals surface area contributed by atoms with Crippen molar-refractivity contribution in [1.29, 1.82) is 0 Å². The molecule has 1 heterocycles. The zero-order chi connectivity index (χ0) is 13.8. The molecular formula is C12H15N3O3S. The van der Waals surface area contributed by atoms with Gasteiger partial charge in [-0.15, -0.1) is 0 Å². The third-order valence-electron chi connectivity index (χ3n) is 3.07. The molecule has 1 unspecified atom stereocenters. The van der Waals surface area contributed by atoms with Crippen LogP contribution in [-0.4, -0.2) is 28.9 Å². The quantitative estimate of drug-likeness (QED) is 0.497. The molecule has 1 fully saturated rings. The van der Waals surface area contributed by atoms with Crippen LogP contribution in [0.4, 0.5) is 11.4 Å². The summed E-state index contributed by atoms with van der Waals surface area (Å²) in [6.07, 6.45) is 1.09. The van der Waals surface area contributed by atoms with Gasteiger partial charge in [-0.2, -0.15) is 11.8 Å². The highest BCUT2D eigenvalue weighted by Gasteiger charge is 2.19. The van der Waals surface area contributed by atoms with Gasteiger partial charge < -0.3 is 11.1 Å². The summed E-state index contributed by atoms with van der Waals surface area (Å²) in [6.45, 7) is 0.591. The van der Waals surface area contributed by atoms with Gasteiger partial charge in [0.05, 0.1) is 10.5 Å². The van der Waals surface area contributed by atoms with Crippen LogP contribution in [-0.2, 0) is 0 Å². The number of anilines is 1. The number of nitro benzene ring substituents is 1. The second-order valence-corrected chi connectivity index (χ2v) is 5.62. The number of hydrogen-bond donors (Lipinski definition) is 2. The minimum absolute atomic E-state index is 0.129. The molecule has 19 heavy (non-hydrogen) atoms. The number of carbonyl (C=O) groups is 1. The van der Waals surface area contributed by atoms with E-state index in [1.165, 1.54) is 18.2 Å². The standard InChI is InChI=1S/C12H15N3O3S/c13-11-2-1-9(15(17)18)5-10(11)12(16)14-6-8-3-4-19-7-8/h1-2,5,8H,3-4,6-7,13H2,(H,14,16). The van der Waals surface area contributed by atoms with Gasteiger partial charge in [0.15, 0.2) is 0 Å². The van der Waals surface area contributed by atoms with Gasteiger partial charge in [-0.1, -0.05) is 0 Å². The Balaban J connectivity index is 2.04. The van der Waals surface area contributed by atoms with E-state index in [9.17, 15) is 14.9 Å². The van der Waals surface area contributed by atoms with Crippen LogP contribution in [0.15, 0.2) is 18.2 Å². The van der Waals surface area contributed by atoms with E-state index in [1.54, 1.807) is 0 Å². The fraction of sp³-hybridized carbons (Fsp3) is 0.417. The summed E-state index contributed by atoms with van der Waals surface area (Å²) in [6, 6.07) is 3.90. The Morgan fingerprint density at radius 3 is 3.00 bits per heavy atom. The number of hydrogen-bond acceptors (Lipinski definition) is 5. The van der Waals surface area contributed by atoms with E-state index >= 15 is 0 Å². The van der Waals surface area contributed by atoms with Crippen LogP contribution in [0.25, 0.3) is 0 Å². The molecule has 102 valence electrons. The van der Waals surface area contributed by atoms with Crippen molar-refractivity contribution in [2.75, 3.05) is 23.8 Å². The zero-order valence-corrected chi connectivity index (χ0v) is 11.1. The molecule has 1 saturated heterocycles. The Morgan fingerprint density at radius 1 is 1.58 bits per heavy atom. The number of thioether (sulfide) groups is 1. The molecule has 0 radical (unpaired) electrons. The molecular weight excluding hydrogens is 266 g/mol. The lowest BCUT2D eigenvalue weighted by atomic mass is 10.1.